The van der Waals surface area contributed by atoms with Gasteiger partial charge in [-0.2, -0.15) is 15.1 Å². The monoisotopic (exact) mass is 1140 g/mol. The molecule has 3 N–H and O–H groups in total. The zero-order valence-electron chi connectivity index (χ0n) is 49.7. The van der Waals surface area contributed by atoms with Crippen LogP contribution >= 0.6 is 0 Å². The van der Waals surface area contributed by atoms with Gasteiger partial charge in [0, 0.05) is 98.5 Å². The van der Waals surface area contributed by atoms with E-state index in [0.717, 1.165) is 90.6 Å². The summed E-state index contributed by atoms with van der Waals surface area (Å²) in [5.74, 6) is 3.26. The lowest BCUT2D eigenvalue weighted by molar-refractivity contribution is -0.127. The molecule has 2 aromatic heterocycles. The Bertz CT molecular complexity index is 3490. The van der Waals surface area contributed by atoms with Crippen molar-refractivity contribution in [1.82, 2.24) is 44.9 Å². The molecule has 0 saturated heterocycles. The third-order valence-electron chi connectivity index (χ3n) is 14.0. The van der Waals surface area contributed by atoms with E-state index in [1.54, 1.807) is 35.6 Å². The second-order valence-electron chi connectivity index (χ2n) is 21.1. The number of nitrogens with one attached hydrogen (secondary N) is 1. The highest BCUT2D eigenvalue weighted by Gasteiger charge is 2.23. The summed E-state index contributed by atoms with van der Waals surface area (Å²) in [5, 5.41) is 8.45. The molecule has 0 unspecified atom stereocenters. The number of methoxy groups -OCH3 is 1. The number of aliphatic imine (C=N–C) groups is 2. The van der Waals surface area contributed by atoms with E-state index in [1.165, 1.54) is 7.11 Å². The van der Waals surface area contributed by atoms with E-state index in [1.807, 2.05) is 120 Å². The number of imidazole rings is 1. The molecular formula is C65H77N13O6. The Morgan fingerprint density at radius 3 is 1.99 bits per heavy atom. The lowest BCUT2D eigenvalue weighted by atomic mass is 9.97. The van der Waals surface area contributed by atoms with Crippen LogP contribution in [0.2, 0.25) is 0 Å². The number of carbonyl (C=O) groups is 3. The van der Waals surface area contributed by atoms with Crippen LogP contribution in [-0.2, 0) is 22.7 Å². The van der Waals surface area contributed by atoms with Crippen molar-refractivity contribution in [2.45, 2.75) is 99.2 Å². The number of aromatic nitrogens is 4. The lowest BCUT2D eigenvalue weighted by Crippen LogP contribution is -2.34. The number of hydroxylamine groups is 3. The number of hydrogen-bond donors (Lipinski definition) is 2. The van der Waals surface area contributed by atoms with Crippen molar-refractivity contribution in [3.63, 3.8) is 0 Å². The molecule has 19 heteroatoms. The van der Waals surface area contributed by atoms with Crippen molar-refractivity contribution in [2.24, 2.45) is 20.8 Å². The topological polar surface area (TPSA) is 211 Å². The summed E-state index contributed by atoms with van der Waals surface area (Å²) in [6.45, 7) is 16.2. The average Bonchev–Trinajstić information content (AvgIpc) is 3.11. The van der Waals surface area contributed by atoms with Crippen LogP contribution in [0.3, 0.4) is 0 Å². The first-order valence-corrected chi connectivity index (χ1v) is 28.7. The number of rotatable bonds is 27. The summed E-state index contributed by atoms with van der Waals surface area (Å²) in [6, 6.07) is 25.1. The fourth-order valence-electron chi connectivity index (χ4n) is 9.86. The number of aldehydes is 2. The summed E-state index contributed by atoms with van der Waals surface area (Å²) >= 11 is 0. The fourth-order valence-corrected chi connectivity index (χ4v) is 9.86. The standard InChI is InChI=1S/C65H77N13O6/c1-10-24-76(25-11-2)65(81)54-32-50-18-14-47(34-57(50)69-59(66)36-54)45-16-20-52(42-79)49(30-45)22-28-74(7)40-61-71-63(82-9)38-64(72-61)83-73-60-37-56(84-77(26-12-3)27-13-4)33-51-19-15-48(35-58(51)70-60)46-17-21-53(43-80)55(31-46)39-68-75(8)41-62-67-23-29-78(62)44(5)6/h14-23,28-35,38-39,42-44H,10-13,24-27,36-37,40-41H2,1-9H3,(H2,66,69)(H,70,73)/b28-22-,68-39-. The van der Waals surface area contributed by atoms with Crippen LogP contribution in [0.5, 0.6) is 11.8 Å². The highest BCUT2D eigenvalue weighted by molar-refractivity contribution is 6.06. The molecule has 0 bridgehead atoms. The van der Waals surface area contributed by atoms with E-state index in [4.69, 9.17) is 35.1 Å². The first-order chi connectivity index (χ1) is 40.7. The Kier molecular flexibility index (Phi) is 21.1. The highest BCUT2D eigenvalue weighted by atomic mass is 16.7. The van der Waals surface area contributed by atoms with Crippen molar-refractivity contribution in [2.75, 3.05) is 47.4 Å². The zero-order valence-corrected chi connectivity index (χ0v) is 49.7. The Balaban J connectivity index is 1.00. The zero-order chi connectivity index (χ0) is 59.7. The minimum Gasteiger partial charge on any atom is -0.481 e. The number of amidine groups is 2. The number of hydrogen-bond acceptors (Lipinski definition) is 17. The molecule has 6 aromatic rings. The molecule has 0 fully saturated rings. The Labute approximate surface area is 492 Å². The third kappa shape index (κ3) is 15.9. The molecule has 0 atom stereocenters. The van der Waals surface area contributed by atoms with Gasteiger partial charge in [-0.3, -0.25) is 19.4 Å². The summed E-state index contributed by atoms with van der Waals surface area (Å²) in [4.78, 5) is 78.5. The average molecular weight is 1140 g/mol. The number of nitrogens with two attached hydrogens (primary N) is 1. The van der Waals surface area contributed by atoms with Gasteiger partial charge in [-0.25, -0.2) is 20.4 Å². The molecule has 0 spiro atoms. The van der Waals surface area contributed by atoms with Gasteiger partial charge in [-0.05, 0) is 116 Å². The number of nitrogens with zero attached hydrogens (tertiary/aromatic N) is 11. The van der Waals surface area contributed by atoms with Crippen molar-refractivity contribution in [3.05, 3.63) is 154 Å². The highest BCUT2D eigenvalue weighted by Crippen LogP contribution is 2.35. The number of benzene rings is 4. The van der Waals surface area contributed by atoms with Gasteiger partial charge in [0.2, 0.25) is 11.8 Å². The molecule has 4 heterocycles. The number of amides is 1. The fraction of sp³-hybridized carbons (Fsp3) is 0.338. The van der Waals surface area contributed by atoms with Crippen molar-refractivity contribution < 1.29 is 28.8 Å². The summed E-state index contributed by atoms with van der Waals surface area (Å²) in [7, 11) is 5.28. The minimum atomic E-state index is -0.0168. The first-order valence-electron chi connectivity index (χ1n) is 28.7. The van der Waals surface area contributed by atoms with Crippen LogP contribution in [0.1, 0.15) is 141 Å². The first kappa shape index (κ1) is 60.9. The molecule has 0 radical (unpaired) electrons. The van der Waals surface area contributed by atoms with Gasteiger partial charge in [-0.1, -0.05) is 76.2 Å². The number of ether oxygens (including phenoxy) is 1. The van der Waals surface area contributed by atoms with Crippen molar-refractivity contribution >= 4 is 66.0 Å². The smallest absolute Gasteiger partial charge is 0.253 e. The van der Waals surface area contributed by atoms with E-state index in [9.17, 15) is 14.4 Å². The molecule has 19 nitrogen and oxygen atoms in total. The summed E-state index contributed by atoms with van der Waals surface area (Å²) in [6.07, 6.45) is 18.8. The number of hydrazone groups is 1. The summed E-state index contributed by atoms with van der Waals surface area (Å²) in [5.41, 5.74) is 19.0. The molecule has 84 heavy (non-hydrogen) atoms. The maximum absolute atomic E-state index is 13.6. The van der Waals surface area contributed by atoms with Crippen LogP contribution in [0.25, 0.3) is 40.5 Å². The van der Waals surface area contributed by atoms with E-state index in [-0.39, 0.29) is 43.1 Å². The Morgan fingerprint density at radius 2 is 1.35 bits per heavy atom. The molecule has 2 aliphatic rings. The molecule has 1 amide bonds. The molecule has 2 aliphatic heterocycles. The second kappa shape index (κ2) is 29.1. The summed E-state index contributed by atoms with van der Waals surface area (Å²) < 4.78 is 7.72. The van der Waals surface area contributed by atoms with Gasteiger partial charge < -0.3 is 34.5 Å². The molecule has 0 saturated carbocycles. The van der Waals surface area contributed by atoms with E-state index >= 15 is 0 Å². The maximum atomic E-state index is 13.6. The number of fused-ring (bicyclic) bond motifs is 2. The maximum Gasteiger partial charge on any atom is 0.253 e. The normalized spacial score (nSPS) is 13.1. The Hall–Kier alpha value is -9.23. The minimum absolute atomic E-state index is 0.0168. The molecule has 4 aromatic carbocycles. The van der Waals surface area contributed by atoms with Crippen LogP contribution in [0.15, 0.2) is 124 Å². The van der Waals surface area contributed by atoms with Crippen LogP contribution in [0, 0.1) is 0 Å². The molecule has 438 valence electrons. The van der Waals surface area contributed by atoms with Gasteiger partial charge in [0.15, 0.2) is 18.4 Å². The quantitative estimate of drug-likeness (QED) is 0.0279. The van der Waals surface area contributed by atoms with E-state index < -0.39 is 0 Å². The molecule has 0 aliphatic carbocycles. The van der Waals surface area contributed by atoms with Gasteiger partial charge >= 0.3 is 0 Å². The predicted octanol–water partition coefficient (Wildman–Crippen LogP) is 11.6. The van der Waals surface area contributed by atoms with E-state index in [2.05, 4.69) is 66.7 Å². The van der Waals surface area contributed by atoms with Gasteiger partial charge in [0.1, 0.15) is 23.3 Å². The van der Waals surface area contributed by atoms with Gasteiger partial charge in [0.25, 0.3) is 5.88 Å². The molecule has 8 rings (SSSR count). The Morgan fingerprint density at radius 1 is 0.738 bits per heavy atom. The van der Waals surface area contributed by atoms with E-state index in [0.29, 0.717) is 82.1 Å². The van der Waals surface area contributed by atoms with Crippen LogP contribution in [-0.4, -0.2) is 123 Å². The lowest BCUT2D eigenvalue weighted by Gasteiger charge is -2.23. The van der Waals surface area contributed by atoms with Gasteiger partial charge in [-0.15, -0.1) is 5.06 Å². The predicted molar refractivity (Wildman–Crippen MR) is 333 cm³/mol. The largest absolute Gasteiger partial charge is 0.481 e. The second-order valence-corrected chi connectivity index (χ2v) is 21.1. The van der Waals surface area contributed by atoms with Crippen LogP contribution in [0.4, 0.5) is 11.4 Å². The number of carbonyl (C=O) groups excluding carboxylic acids is 3. The van der Waals surface area contributed by atoms with Gasteiger partial charge in [0.05, 0.1) is 50.3 Å². The van der Waals surface area contributed by atoms with Crippen molar-refractivity contribution in [3.8, 4) is 34.0 Å². The van der Waals surface area contributed by atoms with Crippen molar-refractivity contribution in [1.29, 1.82) is 0 Å². The van der Waals surface area contributed by atoms with Crippen LogP contribution < -0.4 is 20.8 Å². The molecular weight excluding hydrogens is 1060 g/mol. The third-order valence-corrected chi connectivity index (χ3v) is 14.0. The SMILES string of the molecule is CCCN(CCC)OC1=Cc2ccc(-c3ccc(C=O)c(/C=N\N(C)Cc4nccn4C(C)C)c3)cc2N=C(NOc2cc(OC)nc(CN(C)/C=C\c3cc(-c4ccc5c(c4)N=C(N)CC(C(=O)N(CCC)CCC)=C5)ccc3C=O)n2)C1.